The predicted octanol–water partition coefficient (Wildman–Crippen LogP) is 3.78. The van der Waals surface area contributed by atoms with Crippen LogP contribution in [-0.4, -0.2) is 35.6 Å². The first-order valence-electron chi connectivity index (χ1n) is 11.5. The van der Waals surface area contributed by atoms with Crippen LogP contribution in [0.3, 0.4) is 0 Å². The van der Waals surface area contributed by atoms with Crippen molar-refractivity contribution in [3.05, 3.63) is 95.6 Å². The molecule has 0 bridgehead atoms. The molecule has 7 heteroatoms. The summed E-state index contributed by atoms with van der Waals surface area (Å²) in [7, 11) is 0. The smallest absolute Gasteiger partial charge is 0.241 e. The predicted molar refractivity (Wildman–Crippen MR) is 125 cm³/mol. The van der Waals surface area contributed by atoms with E-state index in [1.165, 1.54) is 0 Å². The molecule has 35 heavy (non-hydrogen) atoms. The van der Waals surface area contributed by atoms with Crippen LogP contribution < -0.4 is 9.64 Å². The number of amides is 2. The van der Waals surface area contributed by atoms with Crippen molar-refractivity contribution in [1.82, 2.24) is 0 Å². The third-order valence-corrected chi connectivity index (χ3v) is 7.05. The van der Waals surface area contributed by atoms with Crippen molar-refractivity contribution in [2.45, 2.75) is 18.6 Å². The lowest BCUT2D eigenvalue weighted by molar-refractivity contribution is -0.127. The van der Waals surface area contributed by atoms with E-state index in [2.05, 4.69) is 0 Å². The number of hydrogen-bond donors (Lipinski definition) is 0. The number of anilines is 1. The number of carbonyl (C=O) groups excluding carboxylic acids is 4. The van der Waals surface area contributed by atoms with Crippen molar-refractivity contribution in [1.29, 1.82) is 0 Å². The van der Waals surface area contributed by atoms with E-state index in [0.717, 1.165) is 4.90 Å². The van der Waals surface area contributed by atoms with E-state index in [4.69, 9.17) is 9.47 Å². The fourth-order valence-corrected chi connectivity index (χ4v) is 5.57. The molecule has 0 unspecified atom stereocenters. The highest BCUT2D eigenvalue weighted by Crippen LogP contribution is 2.57. The van der Waals surface area contributed by atoms with E-state index in [9.17, 15) is 19.2 Å². The zero-order valence-electron chi connectivity index (χ0n) is 18.8. The Labute approximate surface area is 201 Å². The number of nitrogens with zero attached hydrogens (tertiary/aromatic N) is 1. The lowest BCUT2D eigenvalue weighted by Gasteiger charge is -2.27. The van der Waals surface area contributed by atoms with Gasteiger partial charge in [-0.3, -0.25) is 19.2 Å². The average molecular weight is 467 g/mol. The van der Waals surface area contributed by atoms with Gasteiger partial charge in [-0.1, -0.05) is 54.6 Å². The van der Waals surface area contributed by atoms with Gasteiger partial charge in [0.1, 0.15) is 5.75 Å². The summed E-state index contributed by atoms with van der Waals surface area (Å²) in [5.74, 6) is -3.92. The Morgan fingerprint density at radius 3 is 2.00 bits per heavy atom. The first-order chi connectivity index (χ1) is 17.0. The van der Waals surface area contributed by atoms with Crippen molar-refractivity contribution < 1.29 is 28.7 Å². The largest absolute Gasteiger partial charge is 0.494 e. The lowest BCUT2D eigenvalue weighted by atomic mass is 9.77. The summed E-state index contributed by atoms with van der Waals surface area (Å²) < 4.78 is 11.7. The quantitative estimate of drug-likeness (QED) is 0.429. The Bertz CT molecular complexity index is 1350. The van der Waals surface area contributed by atoms with E-state index in [1.54, 1.807) is 72.8 Å². The van der Waals surface area contributed by atoms with E-state index >= 15 is 0 Å². The van der Waals surface area contributed by atoms with Crippen LogP contribution in [0.15, 0.2) is 78.9 Å². The summed E-state index contributed by atoms with van der Waals surface area (Å²) in [4.78, 5) is 56.2. The highest BCUT2D eigenvalue weighted by atomic mass is 16.5. The van der Waals surface area contributed by atoms with Gasteiger partial charge in [0.25, 0.3) is 0 Å². The van der Waals surface area contributed by atoms with Crippen molar-refractivity contribution >= 4 is 29.1 Å². The number of ketones is 2. The molecular weight excluding hydrogens is 446 g/mol. The Balaban J connectivity index is 1.49. The minimum Gasteiger partial charge on any atom is -0.494 e. The van der Waals surface area contributed by atoms with Crippen LogP contribution in [0.4, 0.5) is 5.69 Å². The van der Waals surface area contributed by atoms with Gasteiger partial charge in [-0.05, 0) is 36.8 Å². The van der Waals surface area contributed by atoms with Crippen LogP contribution in [0.1, 0.15) is 39.3 Å². The molecule has 2 amide bonds. The maximum absolute atomic E-state index is 13.9. The maximum atomic E-state index is 13.9. The van der Waals surface area contributed by atoms with Gasteiger partial charge in [0, 0.05) is 11.1 Å². The number of benzene rings is 3. The zero-order chi connectivity index (χ0) is 24.3. The molecular formula is C28H21NO6. The molecule has 1 spiro atoms. The molecule has 0 radical (unpaired) electrons. The summed E-state index contributed by atoms with van der Waals surface area (Å²) >= 11 is 0. The van der Waals surface area contributed by atoms with Crippen molar-refractivity contribution in [3.63, 3.8) is 0 Å². The van der Waals surface area contributed by atoms with Crippen molar-refractivity contribution in [2.75, 3.05) is 11.5 Å². The van der Waals surface area contributed by atoms with Crippen LogP contribution in [0, 0.1) is 11.8 Å². The standard InChI is InChI=1S/C28H21NO6/c1-2-34-18-14-12-17(13-15-18)29-26(32)21-22(27(29)33)28(35-23(21)16-8-4-3-5-9-16)24(30)19-10-6-7-11-20(19)25(28)31/h3-15,21-23H,2H2,1H3/t21-,22-,23-/m0/s1. The topological polar surface area (TPSA) is 90.0 Å². The molecule has 3 atom stereocenters. The van der Waals surface area contributed by atoms with Gasteiger partial charge >= 0.3 is 0 Å². The first kappa shape index (κ1) is 21.4. The average Bonchev–Trinajstić information content (AvgIpc) is 3.45. The molecule has 2 saturated heterocycles. The van der Waals surface area contributed by atoms with Gasteiger partial charge in [-0.15, -0.1) is 0 Å². The van der Waals surface area contributed by atoms with Crippen LogP contribution in [0.5, 0.6) is 5.75 Å². The molecule has 2 fully saturated rings. The Morgan fingerprint density at radius 1 is 0.800 bits per heavy atom. The highest BCUT2D eigenvalue weighted by molar-refractivity contribution is 6.37. The van der Waals surface area contributed by atoms with E-state index in [1.807, 2.05) is 13.0 Å². The van der Waals surface area contributed by atoms with Crippen LogP contribution in [-0.2, 0) is 14.3 Å². The number of hydrogen-bond acceptors (Lipinski definition) is 6. The molecule has 2 aliphatic heterocycles. The molecule has 1 aliphatic carbocycles. The molecule has 0 saturated carbocycles. The second-order valence-corrected chi connectivity index (χ2v) is 8.83. The van der Waals surface area contributed by atoms with Gasteiger partial charge in [0.05, 0.1) is 30.2 Å². The summed E-state index contributed by atoms with van der Waals surface area (Å²) in [6.07, 6.45) is -0.924. The third-order valence-electron chi connectivity index (χ3n) is 7.05. The number of imide groups is 1. The SMILES string of the molecule is CCOc1ccc(N2C(=O)[C@H]3[C@@H](C2=O)C2(O[C@H]3c3ccccc3)C(=O)c3ccccc3C2=O)cc1. The first-order valence-corrected chi connectivity index (χ1v) is 11.5. The van der Waals surface area contributed by atoms with Crippen molar-refractivity contribution in [2.24, 2.45) is 11.8 Å². The van der Waals surface area contributed by atoms with Gasteiger partial charge in [0.2, 0.25) is 29.0 Å². The normalized spacial score (nSPS) is 24.3. The minimum atomic E-state index is -2.07. The third kappa shape index (κ3) is 2.82. The number of rotatable bonds is 4. The zero-order valence-corrected chi connectivity index (χ0v) is 18.8. The number of fused-ring (bicyclic) bond motifs is 3. The van der Waals surface area contributed by atoms with Gasteiger partial charge in [0.15, 0.2) is 0 Å². The fraction of sp³-hybridized carbons (Fsp3) is 0.214. The summed E-state index contributed by atoms with van der Waals surface area (Å²) in [6, 6.07) is 22.0. The maximum Gasteiger partial charge on any atom is 0.241 e. The van der Waals surface area contributed by atoms with E-state index < -0.39 is 46.9 Å². The van der Waals surface area contributed by atoms with E-state index in [0.29, 0.717) is 23.6 Å². The number of carbonyl (C=O) groups is 4. The van der Waals surface area contributed by atoms with Crippen LogP contribution in [0.2, 0.25) is 0 Å². The second kappa shape index (κ2) is 7.71. The van der Waals surface area contributed by atoms with Crippen LogP contribution >= 0.6 is 0 Å². The second-order valence-electron chi connectivity index (χ2n) is 8.83. The van der Waals surface area contributed by atoms with Crippen LogP contribution in [0.25, 0.3) is 0 Å². The number of ether oxygens (including phenoxy) is 2. The van der Waals surface area contributed by atoms with Gasteiger partial charge < -0.3 is 9.47 Å². The lowest BCUT2D eigenvalue weighted by Crippen LogP contribution is -2.51. The van der Waals surface area contributed by atoms with Gasteiger partial charge in [-0.2, -0.15) is 0 Å². The summed E-state index contributed by atoms with van der Waals surface area (Å²) in [5, 5.41) is 0. The van der Waals surface area contributed by atoms with E-state index in [-0.39, 0.29) is 11.1 Å². The summed E-state index contributed by atoms with van der Waals surface area (Å²) in [6.45, 7) is 2.34. The molecule has 3 aliphatic rings. The molecule has 0 aromatic heterocycles. The molecule has 0 N–H and O–H groups in total. The minimum absolute atomic E-state index is 0.213. The Kier molecular flexibility index (Phi) is 4.72. The van der Waals surface area contributed by atoms with Crippen molar-refractivity contribution in [3.8, 4) is 5.75 Å². The Morgan fingerprint density at radius 2 is 1.40 bits per heavy atom. The highest BCUT2D eigenvalue weighted by Gasteiger charge is 2.74. The molecule has 3 aromatic carbocycles. The fourth-order valence-electron chi connectivity index (χ4n) is 5.57. The molecule has 6 rings (SSSR count). The molecule has 7 nitrogen and oxygen atoms in total. The number of Topliss-reactive ketones (excluding diaryl/α,β-unsaturated/α-hetero) is 2. The molecule has 2 heterocycles. The Hall–Kier alpha value is -4.10. The molecule has 3 aromatic rings. The van der Waals surface area contributed by atoms with Gasteiger partial charge in [-0.25, -0.2) is 4.90 Å². The summed E-state index contributed by atoms with van der Waals surface area (Å²) in [5.41, 5.74) is -0.656. The molecule has 174 valence electrons. The monoisotopic (exact) mass is 467 g/mol.